The lowest BCUT2D eigenvalue weighted by atomic mass is 9.91. The number of nitrogens with two attached hydrogens (primary N) is 1. The standard InChI is InChI=1S/C23H28FN5O2/c1-23(2,14-3-5-15(24)6-4-14)29-17-9-20(22(29)31)27(11-17)12-18(26)21(30)28-16(10-25)7-13-8-19(13)28/h3-6,13,16-20H,7-9,11-12,26H2,1-2H3/t13-,16+,17+,18+,19?,20+/m1/s1. The first kappa shape index (κ1) is 20.4. The molecule has 0 aromatic heterocycles. The number of nitrogens with zero attached hydrogens (tertiary/aromatic N) is 4. The molecule has 1 aliphatic carbocycles. The van der Waals surface area contributed by atoms with Crippen molar-refractivity contribution in [1.82, 2.24) is 14.7 Å². The van der Waals surface area contributed by atoms with E-state index in [9.17, 15) is 19.2 Å². The number of hydrogen-bond donors (Lipinski definition) is 1. The minimum atomic E-state index is -0.735. The van der Waals surface area contributed by atoms with Gasteiger partial charge < -0.3 is 15.5 Å². The number of benzene rings is 1. The van der Waals surface area contributed by atoms with Crippen molar-refractivity contribution in [3.05, 3.63) is 35.6 Å². The van der Waals surface area contributed by atoms with Crippen molar-refractivity contribution >= 4 is 11.8 Å². The van der Waals surface area contributed by atoms with Gasteiger partial charge >= 0.3 is 0 Å². The number of fused-ring (bicyclic) bond motifs is 3. The second-order valence-electron chi connectivity index (χ2n) is 9.93. The van der Waals surface area contributed by atoms with Crippen LogP contribution in [0.4, 0.5) is 4.39 Å². The molecule has 4 aliphatic rings. The largest absolute Gasteiger partial charge is 0.328 e. The van der Waals surface area contributed by atoms with Gasteiger partial charge in [-0.15, -0.1) is 0 Å². The Bertz CT molecular complexity index is 958. The van der Waals surface area contributed by atoms with E-state index in [1.807, 2.05) is 23.6 Å². The summed E-state index contributed by atoms with van der Waals surface area (Å²) >= 11 is 0. The Morgan fingerprint density at radius 2 is 2.00 bits per heavy atom. The Kier molecular flexibility index (Phi) is 4.61. The van der Waals surface area contributed by atoms with Crippen molar-refractivity contribution in [3.63, 3.8) is 0 Å². The maximum Gasteiger partial charge on any atom is 0.242 e. The molecule has 3 heterocycles. The minimum absolute atomic E-state index is 0.0311. The monoisotopic (exact) mass is 425 g/mol. The van der Waals surface area contributed by atoms with E-state index in [2.05, 4.69) is 6.07 Å². The zero-order valence-corrected chi connectivity index (χ0v) is 17.9. The van der Waals surface area contributed by atoms with Crippen molar-refractivity contribution in [1.29, 1.82) is 5.26 Å². The summed E-state index contributed by atoms with van der Waals surface area (Å²) in [7, 11) is 0. The van der Waals surface area contributed by atoms with Crippen LogP contribution >= 0.6 is 0 Å². The first-order chi connectivity index (χ1) is 14.7. The molecule has 3 saturated heterocycles. The summed E-state index contributed by atoms with van der Waals surface area (Å²) in [5, 5.41) is 9.36. The lowest BCUT2D eigenvalue weighted by Gasteiger charge is -2.44. The highest BCUT2D eigenvalue weighted by Crippen LogP contribution is 2.48. The van der Waals surface area contributed by atoms with Gasteiger partial charge in [0.15, 0.2) is 0 Å². The number of likely N-dealkylation sites (tertiary alicyclic amines) is 3. The summed E-state index contributed by atoms with van der Waals surface area (Å²) in [5.41, 5.74) is 6.62. The maximum absolute atomic E-state index is 13.4. The molecule has 6 atom stereocenters. The number of rotatable bonds is 5. The average Bonchev–Trinajstić information content (AvgIpc) is 3.06. The summed E-state index contributed by atoms with van der Waals surface area (Å²) < 4.78 is 13.4. The number of carbonyl (C=O) groups excluding carboxylic acids is 2. The maximum atomic E-state index is 13.4. The van der Waals surface area contributed by atoms with Gasteiger partial charge in [0.1, 0.15) is 11.9 Å². The van der Waals surface area contributed by atoms with Gasteiger partial charge in [-0.2, -0.15) is 5.26 Å². The smallest absolute Gasteiger partial charge is 0.242 e. The van der Waals surface area contributed by atoms with Crippen LogP contribution in [0.25, 0.3) is 0 Å². The second kappa shape index (κ2) is 7.01. The van der Waals surface area contributed by atoms with Crippen molar-refractivity contribution in [2.45, 2.75) is 68.9 Å². The van der Waals surface area contributed by atoms with E-state index in [0.29, 0.717) is 25.4 Å². The average molecular weight is 426 g/mol. The molecule has 2 amide bonds. The first-order valence-electron chi connectivity index (χ1n) is 11.0. The van der Waals surface area contributed by atoms with Crippen molar-refractivity contribution < 1.29 is 14.0 Å². The summed E-state index contributed by atoms with van der Waals surface area (Å²) in [5.74, 6) is 0.0130. The normalized spacial score (nSPS) is 32.9. The SMILES string of the molecule is CC(C)(c1ccc(F)cc1)N1C(=O)[C@@H]2C[C@H]1CN2C[C@H](N)C(=O)N1C2C[C@H]2C[C@H]1C#N. The van der Waals surface area contributed by atoms with Crippen LogP contribution in [0.1, 0.15) is 38.7 Å². The Morgan fingerprint density at radius 3 is 2.65 bits per heavy atom. The molecule has 7 nitrogen and oxygen atoms in total. The van der Waals surface area contributed by atoms with Gasteiger partial charge in [0.25, 0.3) is 0 Å². The Labute approximate surface area is 181 Å². The molecule has 31 heavy (non-hydrogen) atoms. The molecule has 1 aromatic rings. The number of carbonyl (C=O) groups is 2. The fraction of sp³-hybridized carbons (Fsp3) is 0.609. The number of nitriles is 1. The predicted octanol–water partition coefficient (Wildman–Crippen LogP) is 1.19. The summed E-state index contributed by atoms with van der Waals surface area (Å²) in [6.45, 7) is 4.96. The highest BCUT2D eigenvalue weighted by Gasteiger charge is 2.57. The number of hydrogen-bond acceptors (Lipinski definition) is 5. The van der Waals surface area contributed by atoms with Gasteiger partial charge in [-0.1, -0.05) is 12.1 Å². The van der Waals surface area contributed by atoms with Gasteiger partial charge in [-0.3, -0.25) is 14.5 Å². The fourth-order valence-corrected chi connectivity index (χ4v) is 6.01. The molecule has 1 unspecified atom stereocenters. The van der Waals surface area contributed by atoms with Crippen LogP contribution in [0.15, 0.2) is 24.3 Å². The third-order valence-corrected chi connectivity index (χ3v) is 7.68. The van der Waals surface area contributed by atoms with Crippen LogP contribution in [-0.2, 0) is 15.1 Å². The molecule has 164 valence electrons. The van der Waals surface area contributed by atoms with Crippen LogP contribution in [0.2, 0.25) is 0 Å². The molecule has 0 spiro atoms. The number of piperazine rings is 1. The van der Waals surface area contributed by atoms with Crippen LogP contribution in [0, 0.1) is 23.1 Å². The number of halogens is 1. The summed E-state index contributed by atoms with van der Waals surface area (Å²) in [6, 6.07) is 7.35. The van der Waals surface area contributed by atoms with E-state index in [-0.39, 0.29) is 41.8 Å². The Morgan fingerprint density at radius 1 is 1.29 bits per heavy atom. The molecule has 2 N–H and O–H groups in total. The quantitative estimate of drug-likeness (QED) is 0.765. The molecule has 3 aliphatic heterocycles. The Balaban J connectivity index is 1.26. The van der Waals surface area contributed by atoms with E-state index in [1.54, 1.807) is 17.0 Å². The lowest BCUT2D eigenvalue weighted by molar-refractivity contribution is -0.144. The predicted molar refractivity (Wildman–Crippen MR) is 111 cm³/mol. The van der Waals surface area contributed by atoms with Crippen molar-refractivity contribution in [3.8, 4) is 6.07 Å². The van der Waals surface area contributed by atoms with E-state index >= 15 is 0 Å². The molecule has 1 saturated carbocycles. The molecule has 4 fully saturated rings. The molecular weight excluding hydrogens is 397 g/mol. The van der Waals surface area contributed by atoms with Crippen LogP contribution < -0.4 is 5.73 Å². The first-order valence-corrected chi connectivity index (χ1v) is 11.0. The van der Waals surface area contributed by atoms with Gasteiger partial charge in [0, 0.05) is 25.2 Å². The van der Waals surface area contributed by atoms with Crippen LogP contribution in [0.3, 0.4) is 0 Å². The highest BCUT2D eigenvalue weighted by atomic mass is 19.1. The molecule has 8 heteroatoms. The molecule has 2 bridgehead atoms. The zero-order valence-electron chi connectivity index (χ0n) is 17.9. The fourth-order valence-electron chi connectivity index (χ4n) is 6.01. The van der Waals surface area contributed by atoms with Gasteiger partial charge in [-0.05, 0) is 56.7 Å². The summed E-state index contributed by atoms with van der Waals surface area (Å²) in [6.07, 6.45) is 2.43. The van der Waals surface area contributed by atoms with E-state index in [4.69, 9.17) is 5.73 Å². The highest BCUT2D eigenvalue weighted by molar-refractivity contribution is 5.87. The van der Waals surface area contributed by atoms with Gasteiger partial charge in [0.2, 0.25) is 11.8 Å². The van der Waals surface area contributed by atoms with E-state index in [1.165, 1.54) is 12.1 Å². The summed E-state index contributed by atoms with van der Waals surface area (Å²) in [4.78, 5) is 31.8. The lowest BCUT2D eigenvalue weighted by Crippen LogP contribution is -2.59. The third kappa shape index (κ3) is 3.14. The van der Waals surface area contributed by atoms with Crippen molar-refractivity contribution in [2.75, 3.05) is 13.1 Å². The third-order valence-electron chi connectivity index (χ3n) is 7.68. The minimum Gasteiger partial charge on any atom is -0.328 e. The number of amides is 2. The topological polar surface area (TPSA) is 93.7 Å². The van der Waals surface area contributed by atoms with Gasteiger partial charge in [0.05, 0.1) is 23.7 Å². The van der Waals surface area contributed by atoms with E-state index < -0.39 is 11.6 Å². The zero-order chi connectivity index (χ0) is 22.1. The van der Waals surface area contributed by atoms with Crippen molar-refractivity contribution in [2.24, 2.45) is 11.7 Å². The molecular formula is C23H28FN5O2. The number of piperidine rings is 1. The second-order valence-corrected chi connectivity index (χ2v) is 9.93. The van der Waals surface area contributed by atoms with E-state index in [0.717, 1.165) is 18.4 Å². The van der Waals surface area contributed by atoms with Crippen LogP contribution in [0.5, 0.6) is 0 Å². The Hall–Kier alpha value is -2.50. The molecule has 1 aromatic carbocycles. The molecule has 5 rings (SSSR count). The van der Waals surface area contributed by atoms with Crippen LogP contribution in [-0.4, -0.2) is 69.8 Å². The molecule has 0 radical (unpaired) electrons. The van der Waals surface area contributed by atoms with Gasteiger partial charge in [-0.25, -0.2) is 4.39 Å².